The van der Waals surface area contributed by atoms with E-state index in [1.807, 2.05) is 0 Å². The first-order valence-electron chi connectivity index (χ1n) is 2.16. The highest BCUT2D eigenvalue weighted by Crippen LogP contribution is 1.90. The van der Waals surface area contributed by atoms with Gasteiger partial charge in [-0.15, -0.1) is 0 Å². The molecule has 0 aromatic carbocycles. The van der Waals surface area contributed by atoms with Gasteiger partial charge in [-0.2, -0.15) is 4.99 Å². The summed E-state index contributed by atoms with van der Waals surface area (Å²) in [6.45, 7) is 0.301. The minimum absolute atomic E-state index is 0.301. The fourth-order valence-corrected chi connectivity index (χ4v) is 0.423. The molecule has 1 aliphatic rings. The van der Waals surface area contributed by atoms with Crippen molar-refractivity contribution in [1.29, 1.82) is 0 Å². The highest BCUT2D eigenvalue weighted by molar-refractivity contribution is 5.97. The molecule has 4 heteroatoms. The number of carbonyl (C=O) groups is 1. The van der Waals surface area contributed by atoms with E-state index < -0.39 is 6.03 Å². The van der Waals surface area contributed by atoms with Crippen LogP contribution < -0.4 is 5.32 Å². The van der Waals surface area contributed by atoms with Crippen LogP contribution in [0.1, 0.15) is 0 Å². The van der Waals surface area contributed by atoms with Crippen molar-refractivity contribution in [2.45, 2.75) is 0 Å². The second-order valence-electron chi connectivity index (χ2n) is 1.31. The van der Waals surface area contributed by atoms with Crippen LogP contribution in [-0.2, 0) is 4.74 Å². The number of amides is 2. The van der Waals surface area contributed by atoms with E-state index in [9.17, 15) is 4.79 Å². The van der Waals surface area contributed by atoms with Gasteiger partial charge in [0, 0.05) is 0 Å². The van der Waals surface area contributed by atoms with Gasteiger partial charge in [0.15, 0.2) is 0 Å². The normalized spacial score (nSPS) is 17.6. The lowest BCUT2D eigenvalue weighted by Gasteiger charge is -1.89. The summed E-state index contributed by atoms with van der Waals surface area (Å²) < 4.78 is 4.62. The largest absolute Gasteiger partial charge is 0.483 e. The SMILES string of the molecule is COC1=NC(=O)[N]C1. The summed E-state index contributed by atoms with van der Waals surface area (Å²) in [6, 6.07) is -0.443. The summed E-state index contributed by atoms with van der Waals surface area (Å²) in [5, 5.41) is 3.42. The molecule has 1 rings (SSSR count). The summed E-state index contributed by atoms with van der Waals surface area (Å²) in [4.78, 5) is 13.6. The molecule has 0 fully saturated rings. The predicted molar refractivity (Wildman–Crippen MR) is 26.8 cm³/mol. The standard InChI is InChI=1S/C4H5N2O2/c1-8-3-2-5-4(7)6-3/h2H2,1H3. The Balaban J connectivity index is 2.57. The number of hydrogen-bond donors (Lipinski definition) is 0. The first kappa shape index (κ1) is 5.08. The third-order valence-corrected chi connectivity index (χ3v) is 0.806. The first-order valence-corrected chi connectivity index (χ1v) is 2.16. The lowest BCUT2D eigenvalue weighted by molar-refractivity contribution is 0.251. The van der Waals surface area contributed by atoms with E-state index in [-0.39, 0.29) is 0 Å². The van der Waals surface area contributed by atoms with E-state index >= 15 is 0 Å². The molecule has 2 amide bonds. The first-order chi connectivity index (χ1) is 3.83. The van der Waals surface area contributed by atoms with Gasteiger partial charge in [-0.3, -0.25) is 0 Å². The zero-order chi connectivity index (χ0) is 5.98. The molecule has 0 aliphatic carbocycles. The van der Waals surface area contributed by atoms with Gasteiger partial charge in [-0.25, -0.2) is 10.1 Å². The quantitative estimate of drug-likeness (QED) is 0.435. The Hall–Kier alpha value is -1.06. The Labute approximate surface area is 46.5 Å². The van der Waals surface area contributed by atoms with Crippen molar-refractivity contribution < 1.29 is 9.53 Å². The number of carbonyl (C=O) groups excluding carboxylic acids is 1. The van der Waals surface area contributed by atoms with Gasteiger partial charge < -0.3 is 4.74 Å². The summed E-state index contributed by atoms with van der Waals surface area (Å²) in [5.41, 5.74) is 0. The highest BCUT2D eigenvalue weighted by Gasteiger charge is 2.13. The molecule has 0 saturated carbocycles. The summed E-state index contributed by atoms with van der Waals surface area (Å²) in [6.07, 6.45) is 0. The number of aliphatic imine (C=N–C) groups is 1. The monoisotopic (exact) mass is 113 g/mol. The van der Waals surface area contributed by atoms with Crippen molar-refractivity contribution in [2.75, 3.05) is 13.7 Å². The minimum atomic E-state index is -0.443. The van der Waals surface area contributed by atoms with Crippen molar-refractivity contribution in [3.63, 3.8) is 0 Å². The van der Waals surface area contributed by atoms with Crippen LogP contribution in [0.3, 0.4) is 0 Å². The maximum Gasteiger partial charge on any atom is 0.366 e. The average molecular weight is 113 g/mol. The van der Waals surface area contributed by atoms with Gasteiger partial charge in [-0.05, 0) is 0 Å². The van der Waals surface area contributed by atoms with Crippen LogP contribution in [0.4, 0.5) is 4.79 Å². The van der Waals surface area contributed by atoms with Gasteiger partial charge in [0.25, 0.3) is 0 Å². The molecule has 8 heavy (non-hydrogen) atoms. The van der Waals surface area contributed by atoms with Crippen molar-refractivity contribution >= 4 is 11.9 Å². The molecular formula is C4H5N2O2. The molecule has 0 aromatic heterocycles. The van der Waals surface area contributed by atoms with Gasteiger partial charge in [0.05, 0.1) is 7.11 Å². The summed E-state index contributed by atoms with van der Waals surface area (Å²) in [5.74, 6) is 0.398. The second kappa shape index (κ2) is 1.81. The van der Waals surface area contributed by atoms with Gasteiger partial charge in [-0.1, -0.05) is 0 Å². The molecule has 0 saturated heterocycles. The molecule has 0 spiro atoms. The van der Waals surface area contributed by atoms with E-state index in [0.29, 0.717) is 12.4 Å². The minimum Gasteiger partial charge on any atom is -0.483 e. The lowest BCUT2D eigenvalue weighted by atomic mass is 10.7. The van der Waals surface area contributed by atoms with Crippen LogP contribution in [0, 0.1) is 0 Å². The third-order valence-electron chi connectivity index (χ3n) is 0.806. The molecule has 1 radical (unpaired) electrons. The van der Waals surface area contributed by atoms with Crippen LogP contribution in [0.15, 0.2) is 4.99 Å². The molecular weight excluding hydrogens is 108 g/mol. The van der Waals surface area contributed by atoms with Crippen molar-refractivity contribution in [3.8, 4) is 0 Å². The number of ether oxygens (including phenoxy) is 1. The fraction of sp³-hybridized carbons (Fsp3) is 0.500. The zero-order valence-corrected chi connectivity index (χ0v) is 4.42. The Morgan fingerprint density at radius 3 is 2.75 bits per heavy atom. The van der Waals surface area contributed by atoms with Gasteiger partial charge >= 0.3 is 6.03 Å². The second-order valence-corrected chi connectivity index (χ2v) is 1.31. The molecule has 1 heterocycles. The predicted octanol–water partition coefficient (Wildman–Crippen LogP) is -0.231. The van der Waals surface area contributed by atoms with Crippen LogP contribution in [0.2, 0.25) is 0 Å². The Morgan fingerprint density at radius 1 is 1.75 bits per heavy atom. The number of hydrogen-bond acceptors (Lipinski definition) is 2. The summed E-state index contributed by atoms with van der Waals surface area (Å²) in [7, 11) is 1.47. The molecule has 0 atom stereocenters. The van der Waals surface area contributed by atoms with E-state index in [2.05, 4.69) is 15.0 Å². The van der Waals surface area contributed by atoms with Gasteiger partial charge in [0.2, 0.25) is 5.90 Å². The van der Waals surface area contributed by atoms with E-state index in [4.69, 9.17) is 0 Å². The number of urea groups is 1. The molecule has 43 valence electrons. The third kappa shape index (κ3) is 0.776. The molecule has 4 nitrogen and oxygen atoms in total. The number of rotatable bonds is 0. The van der Waals surface area contributed by atoms with Crippen molar-refractivity contribution in [3.05, 3.63) is 0 Å². The van der Waals surface area contributed by atoms with Crippen LogP contribution >= 0.6 is 0 Å². The van der Waals surface area contributed by atoms with Crippen LogP contribution in [0.25, 0.3) is 0 Å². The van der Waals surface area contributed by atoms with Crippen LogP contribution in [0.5, 0.6) is 0 Å². The van der Waals surface area contributed by atoms with E-state index in [1.54, 1.807) is 0 Å². The van der Waals surface area contributed by atoms with Gasteiger partial charge in [0.1, 0.15) is 6.54 Å². The number of nitrogens with zero attached hydrogens (tertiary/aromatic N) is 2. The maximum atomic E-state index is 10.2. The fourth-order valence-electron chi connectivity index (χ4n) is 0.423. The van der Waals surface area contributed by atoms with Crippen LogP contribution in [-0.4, -0.2) is 25.6 Å². The lowest BCUT2D eigenvalue weighted by Crippen LogP contribution is -2.09. The topological polar surface area (TPSA) is 52.8 Å². The summed E-state index contributed by atoms with van der Waals surface area (Å²) >= 11 is 0. The Kier molecular flexibility index (Phi) is 1.15. The average Bonchev–Trinajstić information content (AvgIpc) is 2.14. The molecule has 0 aromatic rings. The molecule has 0 N–H and O–H groups in total. The Morgan fingerprint density at radius 2 is 2.50 bits per heavy atom. The smallest absolute Gasteiger partial charge is 0.366 e. The van der Waals surface area contributed by atoms with E-state index in [0.717, 1.165) is 0 Å². The number of methoxy groups -OCH3 is 1. The van der Waals surface area contributed by atoms with E-state index in [1.165, 1.54) is 7.11 Å². The highest BCUT2D eigenvalue weighted by atomic mass is 16.5. The molecule has 0 bridgehead atoms. The Bertz CT molecular complexity index is 141. The van der Waals surface area contributed by atoms with Crippen molar-refractivity contribution in [2.24, 2.45) is 4.99 Å². The maximum absolute atomic E-state index is 10.2. The molecule has 1 aliphatic heterocycles. The zero-order valence-electron chi connectivity index (χ0n) is 4.42. The van der Waals surface area contributed by atoms with Crippen molar-refractivity contribution in [1.82, 2.24) is 5.32 Å². The molecule has 0 unspecified atom stereocenters.